The minimum atomic E-state index is -0.513. The number of likely N-dealkylation sites (N-methyl/N-ethyl adjacent to an activating group) is 1. The fourth-order valence-corrected chi connectivity index (χ4v) is 6.24. The number of hydrogen-bond donors (Lipinski definition) is 4. The van der Waals surface area contributed by atoms with Crippen molar-refractivity contribution in [2.24, 2.45) is 5.92 Å². The number of aromatic nitrogens is 6. The number of hydrogen-bond acceptors (Lipinski definition) is 7. The van der Waals surface area contributed by atoms with E-state index < -0.39 is 5.82 Å². The number of anilines is 2. The van der Waals surface area contributed by atoms with Crippen molar-refractivity contribution in [2.45, 2.75) is 32.1 Å². The van der Waals surface area contributed by atoms with Gasteiger partial charge in [-0.25, -0.2) is 18.7 Å². The fraction of sp³-hybridized carbons (Fsp3) is 0.286. The summed E-state index contributed by atoms with van der Waals surface area (Å²) < 4.78 is 30.2. The van der Waals surface area contributed by atoms with E-state index in [1.54, 1.807) is 30.7 Å². The lowest BCUT2D eigenvalue weighted by atomic mass is 9.88. The molecule has 1 aliphatic rings. The quantitative estimate of drug-likeness (QED) is 0.135. The van der Waals surface area contributed by atoms with Crippen molar-refractivity contribution in [3.63, 3.8) is 0 Å². The van der Waals surface area contributed by atoms with Crippen LogP contribution in [0, 0.1) is 17.6 Å². The normalized spacial score (nSPS) is 13.9. The number of fused-ring (bicyclic) bond motifs is 2. The second-order valence-electron chi connectivity index (χ2n) is 12.3. The number of imidazole rings is 1. The van der Waals surface area contributed by atoms with Crippen LogP contribution < -0.4 is 10.6 Å². The largest absolute Gasteiger partial charge is 0.384 e. The average molecular weight is 636 g/mol. The molecule has 6 aromatic rings. The second kappa shape index (κ2) is 12.9. The van der Waals surface area contributed by atoms with Crippen molar-refractivity contribution >= 4 is 39.3 Å². The number of aromatic amines is 2. The Kier molecular flexibility index (Phi) is 8.33. The van der Waals surface area contributed by atoms with Gasteiger partial charge in [-0.1, -0.05) is 19.3 Å². The molecule has 2 aromatic carbocycles. The molecule has 7 rings (SSSR count). The highest BCUT2D eigenvalue weighted by Gasteiger charge is 2.22. The van der Waals surface area contributed by atoms with E-state index in [1.807, 2.05) is 31.1 Å². The molecule has 0 aliphatic heterocycles. The molecule has 10 nitrogen and oxygen atoms in total. The van der Waals surface area contributed by atoms with Crippen molar-refractivity contribution in [1.82, 2.24) is 35.0 Å². The first kappa shape index (κ1) is 30.4. The molecule has 240 valence electrons. The summed E-state index contributed by atoms with van der Waals surface area (Å²) >= 11 is 0. The van der Waals surface area contributed by atoms with Gasteiger partial charge in [-0.15, -0.1) is 0 Å². The SMILES string of the molecule is CN(C)CCNc1cc(F)cc(-c2ccnc3nc(-c4[nH]nc5c(F)cc(-c6cncc(NC(=O)C7CCCCC7)c6)cc45)[nH]c23)c1. The van der Waals surface area contributed by atoms with Crippen molar-refractivity contribution in [3.8, 4) is 33.8 Å². The third kappa shape index (κ3) is 6.41. The van der Waals surface area contributed by atoms with Crippen LogP contribution in [0.25, 0.3) is 55.8 Å². The lowest BCUT2D eigenvalue weighted by Gasteiger charge is -2.20. The summed E-state index contributed by atoms with van der Waals surface area (Å²) in [5, 5.41) is 14.0. The van der Waals surface area contributed by atoms with Gasteiger partial charge in [0, 0.05) is 53.6 Å². The van der Waals surface area contributed by atoms with Gasteiger partial charge in [-0.3, -0.25) is 14.9 Å². The third-order valence-electron chi connectivity index (χ3n) is 8.65. The number of nitrogens with zero attached hydrogens (tertiary/aromatic N) is 5. The molecule has 12 heteroatoms. The second-order valence-corrected chi connectivity index (χ2v) is 12.3. The van der Waals surface area contributed by atoms with Gasteiger partial charge in [0.15, 0.2) is 17.3 Å². The van der Waals surface area contributed by atoms with E-state index in [0.29, 0.717) is 62.7 Å². The predicted molar refractivity (Wildman–Crippen MR) is 180 cm³/mol. The van der Waals surface area contributed by atoms with Gasteiger partial charge in [0.2, 0.25) is 5.91 Å². The fourth-order valence-electron chi connectivity index (χ4n) is 6.24. The van der Waals surface area contributed by atoms with Gasteiger partial charge in [0.1, 0.15) is 17.0 Å². The molecule has 0 atom stereocenters. The smallest absolute Gasteiger partial charge is 0.227 e. The Balaban J connectivity index is 1.21. The molecule has 1 fully saturated rings. The number of H-pyrrole nitrogens is 2. The maximum absolute atomic E-state index is 15.5. The molecule has 1 aliphatic carbocycles. The van der Waals surface area contributed by atoms with Gasteiger partial charge in [0.05, 0.1) is 17.4 Å². The number of benzene rings is 2. The molecule has 0 bridgehead atoms. The highest BCUT2D eigenvalue weighted by Crippen LogP contribution is 2.35. The maximum atomic E-state index is 15.5. The molecule has 0 saturated heterocycles. The number of halogens is 2. The average Bonchev–Trinajstić information content (AvgIpc) is 3.69. The first-order valence-electron chi connectivity index (χ1n) is 15.8. The molecule has 4 N–H and O–H groups in total. The lowest BCUT2D eigenvalue weighted by molar-refractivity contribution is -0.120. The monoisotopic (exact) mass is 635 g/mol. The molecule has 0 unspecified atom stereocenters. The molecule has 47 heavy (non-hydrogen) atoms. The van der Waals surface area contributed by atoms with Crippen molar-refractivity contribution < 1.29 is 13.6 Å². The molecule has 4 aromatic heterocycles. The van der Waals surface area contributed by atoms with Crippen LogP contribution >= 0.6 is 0 Å². The molecule has 1 amide bonds. The standard InChI is InChI=1S/C35H35F2N9O/c1-46(2)11-10-39-25-13-22(12-24(36)17-25)27-8-9-40-33-31(27)42-34(43-33)32-28-15-21(16-29(37)30(28)44-45-32)23-14-26(19-38-18-23)41-35(47)20-6-4-3-5-7-20/h8-9,12-20,39H,3-7,10-11H2,1-2H3,(H,41,47)(H,44,45)(H,40,42,43). The predicted octanol–water partition coefficient (Wildman–Crippen LogP) is 7.00. The van der Waals surface area contributed by atoms with Gasteiger partial charge >= 0.3 is 0 Å². The Morgan fingerprint density at radius 2 is 1.81 bits per heavy atom. The first-order chi connectivity index (χ1) is 22.8. The van der Waals surface area contributed by atoms with Crippen molar-refractivity contribution in [2.75, 3.05) is 37.8 Å². The molecular formula is C35H35F2N9O. The molecule has 4 heterocycles. The zero-order chi connectivity index (χ0) is 32.5. The Bertz CT molecular complexity index is 2080. The third-order valence-corrected chi connectivity index (χ3v) is 8.65. The van der Waals surface area contributed by atoms with Crippen LogP contribution in [0.2, 0.25) is 0 Å². The minimum Gasteiger partial charge on any atom is -0.384 e. The summed E-state index contributed by atoms with van der Waals surface area (Å²) in [6, 6.07) is 11.7. The van der Waals surface area contributed by atoms with E-state index in [9.17, 15) is 9.18 Å². The zero-order valence-electron chi connectivity index (χ0n) is 26.2. The van der Waals surface area contributed by atoms with Gasteiger partial charge in [-0.05, 0) is 80.5 Å². The summed E-state index contributed by atoms with van der Waals surface area (Å²) in [5.41, 5.74) is 5.50. The Labute approximate surface area is 270 Å². The molecule has 0 spiro atoms. The first-order valence-corrected chi connectivity index (χ1v) is 15.8. The number of amides is 1. The number of carbonyl (C=O) groups excluding carboxylic acids is 1. The van der Waals surface area contributed by atoms with Crippen molar-refractivity contribution in [3.05, 3.63) is 72.7 Å². The van der Waals surface area contributed by atoms with Crippen LogP contribution in [0.4, 0.5) is 20.2 Å². The molecule has 0 radical (unpaired) electrons. The summed E-state index contributed by atoms with van der Waals surface area (Å²) in [7, 11) is 3.96. The zero-order valence-corrected chi connectivity index (χ0v) is 26.2. The highest BCUT2D eigenvalue weighted by molar-refractivity contribution is 5.98. The van der Waals surface area contributed by atoms with Crippen LogP contribution in [0.15, 0.2) is 61.1 Å². The van der Waals surface area contributed by atoms with Crippen molar-refractivity contribution in [1.29, 1.82) is 0 Å². The summed E-state index contributed by atoms with van der Waals surface area (Å²) in [6.45, 7) is 1.46. The Morgan fingerprint density at radius 3 is 2.64 bits per heavy atom. The summed E-state index contributed by atoms with van der Waals surface area (Å²) in [5.74, 6) is -0.474. The van der Waals surface area contributed by atoms with Crippen LogP contribution in [0.3, 0.4) is 0 Å². The Hall–Kier alpha value is -5.23. The number of pyridine rings is 2. The summed E-state index contributed by atoms with van der Waals surface area (Å²) in [4.78, 5) is 31.7. The highest BCUT2D eigenvalue weighted by atomic mass is 19.1. The van der Waals surface area contributed by atoms with Gasteiger partial charge in [0.25, 0.3) is 0 Å². The van der Waals surface area contributed by atoms with E-state index in [1.165, 1.54) is 24.6 Å². The van der Waals surface area contributed by atoms with Crippen LogP contribution in [0.5, 0.6) is 0 Å². The van der Waals surface area contributed by atoms with E-state index >= 15 is 4.39 Å². The van der Waals surface area contributed by atoms with E-state index in [2.05, 4.69) is 35.8 Å². The number of rotatable bonds is 9. The van der Waals surface area contributed by atoms with Crippen LogP contribution in [-0.4, -0.2) is 68.1 Å². The maximum Gasteiger partial charge on any atom is 0.227 e. The van der Waals surface area contributed by atoms with Gasteiger partial charge in [-0.2, -0.15) is 5.10 Å². The van der Waals surface area contributed by atoms with E-state index in [0.717, 1.165) is 37.8 Å². The van der Waals surface area contributed by atoms with E-state index in [4.69, 9.17) is 4.98 Å². The number of carbonyl (C=O) groups is 1. The Morgan fingerprint density at radius 1 is 0.979 bits per heavy atom. The molecule has 1 saturated carbocycles. The van der Waals surface area contributed by atoms with Crippen LogP contribution in [0.1, 0.15) is 32.1 Å². The topological polar surface area (TPSA) is 128 Å². The van der Waals surface area contributed by atoms with Gasteiger partial charge < -0.3 is 20.5 Å². The molecular weight excluding hydrogens is 600 g/mol. The van der Waals surface area contributed by atoms with E-state index in [-0.39, 0.29) is 23.2 Å². The number of nitrogens with one attached hydrogen (secondary N) is 4. The minimum absolute atomic E-state index is 0.00113. The lowest BCUT2D eigenvalue weighted by Crippen LogP contribution is -2.24. The van der Waals surface area contributed by atoms with Crippen LogP contribution in [-0.2, 0) is 4.79 Å². The summed E-state index contributed by atoms with van der Waals surface area (Å²) in [6.07, 6.45) is 9.93.